The highest BCUT2D eigenvalue weighted by atomic mass is 35.5. The largest absolute Gasteiger partial charge is 0.495 e. The quantitative estimate of drug-likeness (QED) is 0.354. The van der Waals surface area contributed by atoms with Crippen molar-refractivity contribution in [2.24, 2.45) is 0 Å². The molecule has 3 aromatic rings. The Morgan fingerprint density at radius 3 is 2.22 bits per heavy atom. The van der Waals surface area contributed by atoms with Crippen LogP contribution in [0.4, 0.5) is 11.4 Å². The van der Waals surface area contributed by atoms with Crippen LogP contribution in [0.5, 0.6) is 11.5 Å². The molecule has 0 atom stereocenters. The van der Waals surface area contributed by atoms with Crippen molar-refractivity contribution < 1.29 is 32.2 Å². The topological polar surface area (TPSA) is 120 Å². The molecule has 0 saturated heterocycles. The molecule has 0 spiro atoms. The monoisotopic (exact) mass is 532 g/mol. The summed E-state index contributed by atoms with van der Waals surface area (Å²) in [6.07, 6.45) is 0.153. The highest BCUT2D eigenvalue weighted by Gasteiger charge is 2.15. The molecule has 0 saturated carbocycles. The molecule has 0 aliphatic heterocycles. The number of anilines is 2. The molecular weight excluding hydrogens is 508 g/mol. The van der Waals surface area contributed by atoms with Gasteiger partial charge in [0.15, 0.2) is 6.61 Å². The summed E-state index contributed by atoms with van der Waals surface area (Å²) in [6.45, 7) is 1.79. The maximum absolute atomic E-state index is 12.6. The lowest BCUT2D eigenvalue weighted by Gasteiger charge is -2.11. The standard InChI is InChI=1S/C25H25ClN2O7S/c1-3-34-25(30)14-17-4-6-18(7-5-17)27-24(29)16-35-20-9-11-21(12-10-20)36(31,32)28-19-8-13-23(33-2)22(26)15-19/h4-13,15,28H,3,14,16H2,1-2H3,(H,27,29). The van der Waals surface area contributed by atoms with E-state index in [0.717, 1.165) is 5.56 Å². The molecule has 0 radical (unpaired) electrons. The predicted octanol–water partition coefficient (Wildman–Crippen LogP) is 4.27. The summed E-state index contributed by atoms with van der Waals surface area (Å²) in [5, 5.41) is 2.96. The van der Waals surface area contributed by atoms with Gasteiger partial charge in [-0.1, -0.05) is 23.7 Å². The summed E-state index contributed by atoms with van der Waals surface area (Å²) in [6, 6.07) is 17.0. The van der Waals surface area contributed by atoms with Crippen LogP contribution in [0.25, 0.3) is 0 Å². The van der Waals surface area contributed by atoms with Crippen molar-refractivity contribution in [3.63, 3.8) is 0 Å². The molecule has 9 nitrogen and oxygen atoms in total. The van der Waals surface area contributed by atoms with Gasteiger partial charge >= 0.3 is 5.97 Å². The Kier molecular flexibility index (Phi) is 9.15. The van der Waals surface area contributed by atoms with E-state index >= 15 is 0 Å². The van der Waals surface area contributed by atoms with Crippen LogP contribution < -0.4 is 19.5 Å². The first kappa shape index (κ1) is 26.8. The smallest absolute Gasteiger partial charge is 0.310 e. The summed E-state index contributed by atoms with van der Waals surface area (Å²) in [4.78, 5) is 23.7. The van der Waals surface area contributed by atoms with Crippen molar-refractivity contribution in [1.82, 2.24) is 0 Å². The minimum atomic E-state index is -3.87. The zero-order valence-electron chi connectivity index (χ0n) is 19.6. The molecule has 0 fully saturated rings. The summed E-state index contributed by atoms with van der Waals surface area (Å²) in [5.41, 5.74) is 1.59. The maximum atomic E-state index is 12.6. The first-order chi connectivity index (χ1) is 17.2. The number of carbonyl (C=O) groups is 2. The van der Waals surface area contributed by atoms with Crippen molar-refractivity contribution >= 4 is 44.9 Å². The summed E-state index contributed by atoms with van der Waals surface area (Å²) in [5.74, 6) is 0.0304. The Morgan fingerprint density at radius 1 is 0.944 bits per heavy atom. The number of esters is 1. The highest BCUT2D eigenvalue weighted by Crippen LogP contribution is 2.28. The maximum Gasteiger partial charge on any atom is 0.310 e. The first-order valence-electron chi connectivity index (χ1n) is 10.8. The molecular formula is C25H25ClN2O7S. The van der Waals surface area contributed by atoms with Crippen molar-refractivity contribution in [3.8, 4) is 11.5 Å². The van der Waals surface area contributed by atoms with E-state index in [1.807, 2.05) is 0 Å². The zero-order valence-corrected chi connectivity index (χ0v) is 21.2. The second-order valence-electron chi connectivity index (χ2n) is 7.44. The Balaban J connectivity index is 1.52. The van der Waals surface area contributed by atoms with Gasteiger partial charge in [-0.15, -0.1) is 0 Å². The third-order valence-corrected chi connectivity index (χ3v) is 6.49. The van der Waals surface area contributed by atoms with Crippen LogP contribution in [0.3, 0.4) is 0 Å². The normalized spacial score (nSPS) is 10.9. The Morgan fingerprint density at radius 2 is 1.61 bits per heavy atom. The Labute approximate surface area is 214 Å². The number of nitrogens with one attached hydrogen (secondary N) is 2. The van der Waals surface area contributed by atoms with Crippen molar-refractivity contribution in [2.45, 2.75) is 18.2 Å². The lowest BCUT2D eigenvalue weighted by Crippen LogP contribution is -2.20. The molecule has 0 unspecified atom stereocenters. The summed E-state index contributed by atoms with van der Waals surface area (Å²) in [7, 11) is -2.40. The van der Waals surface area contributed by atoms with E-state index in [-0.39, 0.29) is 34.6 Å². The fourth-order valence-corrected chi connectivity index (χ4v) is 4.40. The number of amides is 1. The number of methoxy groups -OCH3 is 1. The second kappa shape index (κ2) is 12.3. The van der Waals surface area contributed by atoms with Gasteiger partial charge in [0, 0.05) is 5.69 Å². The van der Waals surface area contributed by atoms with E-state index < -0.39 is 15.9 Å². The molecule has 0 aliphatic rings. The number of hydrogen-bond acceptors (Lipinski definition) is 7. The molecule has 0 bridgehead atoms. The molecule has 0 aliphatic carbocycles. The van der Waals surface area contributed by atoms with Gasteiger partial charge in [0.25, 0.3) is 15.9 Å². The van der Waals surface area contributed by atoms with Crippen molar-refractivity contribution in [3.05, 3.63) is 77.3 Å². The lowest BCUT2D eigenvalue weighted by atomic mass is 10.1. The molecule has 0 aromatic heterocycles. The number of carbonyl (C=O) groups excluding carboxylic acids is 2. The Bertz CT molecular complexity index is 1310. The molecule has 11 heteroatoms. The van der Waals surface area contributed by atoms with Crippen molar-refractivity contribution in [1.29, 1.82) is 0 Å². The average molecular weight is 533 g/mol. The fraction of sp³-hybridized carbons (Fsp3) is 0.200. The van der Waals surface area contributed by atoms with Crippen LogP contribution in [0.2, 0.25) is 5.02 Å². The minimum absolute atomic E-state index is 0.00847. The lowest BCUT2D eigenvalue weighted by molar-refractivity contribution is -0.142. The number of sulfonamides is 1. The van der Waals surface area contributed by atoms with Crippen LogP contribution in [0.1, 0.15) is 12.5 Å². The molecule has 3 aromatic carbocycles. The molecule has 190 valence electrons. The molecule has 3 rings (SSSR count). The SMILES string of the molecule is CCOC(=O)Cc1ccc(NC(=O)COc2ccc(S(=O)(=O)Nc3ccc(OC)c(Cl)c3)cc2)cc1. The third-order valence-electron chi connectivity index (χ3n) is 4.80. The number of rotatable bonds is 11. The van der Waals surface area contributed by atoms with E-state index in [1.165, 1.54) is 43.5 Å². The van der Waals surface area contributed by atoms with Gasteiger partial charge in [0.2, 0.25) is 0 Å². The number of benzene rings is 3. The third kappa shape index (κ3) is 7.62. The van der Waals surface area contributed by atoms with Gasteiger partial charge in [-0.05, 0) is 67.1 Å². The van der Waals surface area contributed by atoms with E-state index in [9.17, 15) is 18.0 Å². The highest BCUT2D eigenvalue weighted by molar-refractivity contribution is 7.92. The molecule has 0 heterocycles. The Hall–Kier alpha value is -3.76. The minimum Gasteiger partial charge on any atom is -0.495 e. The van der Waals surface area contributed by atoms with E-state index in [1.54, 1.807) is 37.3 Å². The second-order valence-corrected chi connectivity index (χ2v) is 9.53. The number of ether oxygens (including phenoxy) is 3. The summed E-state index contributed by atoms with van der Waals surface area (Å²) >= 11 is 6.05. The average Bonchev–Trinajstić information content (AvgIpc) is 2.84. The first-order valence-corrected chi connectivity index (χ1v) is 12.7. The van der Waals surface area contributed by atoms with E-state index in [0.29, 0.717) is 23.8 Å². The molecule has 1 amide bonds. The van der Waals surface area contributed by atoms with Crippen LogP contribution in [-0.4, -0.2) is 40.6 Å². The van der Waals surface area contributed by atoms with Gasteiger partial charge in [0.05, 0.1) is 35.7 Å². The predicted molar refractivity (Wildman–Crippen MR) is 136 cm³/mol. The van der Waals surface area contributed by atoms with Gasteiger partial charge in [-0.2, -0.15) is 0 Å². The number of hydrogen-bond donors (Lipinski definition) is 2. The van der Waals surface area contributed by atoms with Gasteiger partial charge in [-0.25, -0.2) is 8.42 Å². The van der Waals surface area contributed by atoms with E-state index in [4.69, 9.17) is 25.8 Å². The zero-order chi connectivity index (χ0) is 26.1. The number of halogens is 1. The van der Waals surface area contributed by atoms with Gasteiger partial charge < -0.3 is 19.5 Å². The van der Waals surface area contributed by atoms with Gasteiger partial charge in [-0.3, -0.25) is 14.3 Å². The fourth-order valence-electron chi connectivity index (χ4n) is 3.09. The van der Waals surface area contributed by atoms with E-state index in [2.05, 4.69) is 10.0 Å². The molecule has 36 heavy (non-hydrogen) atoms. The van der Waals surface area contributed by atoms with Crippen LogP contribution in [-0.2, 0) is 30.8 Å². The van der Waals surface area contributed by atoms with Gasteiger partial charge in [0.1, 0.15) is 11.5 Å². The summed E-state index contributed by atoms with van der Waals surface area (Å²) < 4.78 is 43.2. The van der Waals surface area contributed by atoms with Crippen LogP contribution in [0, 0.1) is 0 Å². The van der Waals surface area contributed by atoms with Crippen molar-refractivity contribution in [2.75, 3.05) is 30.4 Å². The van der Waals surface area contributed by atoms with Crippen LogP contribution >= 0.6 is 11.6 Å². The molecule has 2 N–H and O–H groups in total. The van der Waals surface area contributed by atoms with Crippen LogP contribution in [0.15, 0.2) is 71.6 Å².